The minimum atomic E-state index is -0.758. The Labute approximate surface area is 151 Å². The Morgan fingerprint density at radius 1 is 1.22 bits per heavy atom. The van der Waals surface area contributed by atoms with Gasteiger partial charge in [0.15, 0.2) is 5.58 Å². The molecule has 0 aliphatic rings. The topological polar surface area (TPSA) is 134 Å². The van der Waals surface area contributed by atoms with Crippen molar-refractivity contribution in [2.75, 3.05) is 12.4 Å². The number of nitrogens with zero attached hydrogens (tertiary/aromatic N) is 2. The summed E-state index contributed by atoms with van der Waals surface area (Å²) in [6, 6.07) is 9.56. The fraction of sp³-hybridized carbons (Fsp3) is 0.118. The Morgan fingerprint density at radius 3 is 2.56 bits per heavy atom. The van der Waals surface area contributed by atoms with Gasteiger partial charge in [-0.25, -0.2) is 9.59 Å². The summed E-state index contributed by atoms with van der Waals surface area (Å²) in [4.78, 5) is 45.8. The summed E-state index contributed by atoms with van der Waals surface area (Å²) in [7, 11) is 1.23. The molecule has 0 atom stereocenters. The number of fused-ring (bicyclic) bond motifs is 1. The fourth-order valence-electron chi connectivity index (χ4n) is 2.47. The molecule has 1 aromatic heterocycles. The van der Waals surface area contributed by atoms with Crippen molar-refractivity contribution in [1.82, 2.24) is 4.57 Å². The normalized spacial score (nSPS) is 10.6. The number of carbonyl (C=O) groups excluding carboxylic acids is 2. The second-order valence-corrected chi connectivity index (χ2v) is 5.48. The molecule has 1 amide bonds. The maximum atomic E-state index is 12.2. The Hall–Kier alpha value is -3.95. The van der Waals surface area contributed by atoms with Gasteiger partial charge in [0.05, 0.1) is 23.1 Å². The molecule has 0 unspecified atom stereocenters. The quantitative estimate of drug-likeness (QED) is 0.411. The Balaban J connectivity index is 1.80. The van der Waals surface area contributed by atoms with E-state index in [-0.39, 0.29) is 23.4 Å². The molecule has 27 heavy (non-hydrogen) atoms. The van der Waals surface area contributed by atoms with E-state index in [1.165, 1.54) is 49.6 Å². The largest absolute Gasteiger partial charge is 0.465 e. The lowest BCUT2D eigenvalue weighted by Crippen LogP contribution is -2.24. The van der Waals surface area contributed by atoms with Gasteiger partial charge in [0.1, 0.15) is 6.54 Å². The third-order valence-corrected chi connectivity index (χ3v) is 3.75. The highest BCUT2D eigenvalue weighted by Crippen LogP contribution is 2.17. The molecule has 1 N–H and O–H groups in total. The number of non-ortho nitro benzene ring substituents is 1. The van der Waals surface area contributed by atoms with E-state index >= 15 is 0 Å². The molecule has 0 bridgehead atoms. The van der Waals surface area contributed by atoms with Gasteiger partial charge in [0.25, 0.3) is 5.69 Å². The van der Waals surface area contributed by atoms with Crippen LogP contribution in [-0.4, -0.2) is 28.5 Å². The van der Waals surface area contributed by atoms with Crippen molar-refractivity contribution in [3.8, 4) is 0 Å². The van der Waals surface area contributed by atoms with E-state index in [1.807, 2.05) is 0 Å². The number of hydrogen-bond donors (Lipinski definition) is 1. The predicted molar refractivity (Wildman–Crippen MR) is 93.5 cm³/mol. The number of esters is 1. The van der Waals surface area contributed by atoms with Crippen LogP contribution in [0.5, 0.6) is 0 Å². The van der Waals surface area contributed by atoms with E-state index in [4.69, 9.17) is 4.42 Å². The first-order valence-corrected chi connectivity index (χ1v) is 7.65. The van der Waals surface area contributed by atoms with Gasteiger partial charge in [-0.15, -0.1) is 0 Å². The number of anilines is 1. The number of nitrogens with one attached hydrogen (secondary N) is 1. The van der Waals surface area contributed by atoms with Crippen LogP contribution in [0.4, 0.5) is 11.4 Å². The fourth-order valence-corrected chi connectivity index (χ4v) is 2.47. The van der Waals surface area contributed by atoms with Gasteiger partial charge in [0, 0.05) is 17.8 Å². The minimum absolute atomic E-state index is 0.105. The first-order chi connectivity index (χ1) is 12.9. The summed E-state index contributed by atoms with van der Waals surface area (Å²) in [5.74, 6) is -1.86. The molecule has 3 rings (SSSR count). The average Bonchev–Trinajstić information content (AvgIpc) is 2.96. The molecule has 0 aliphatic carbocycles. The van der Waals surface area contributed by atoms with E-state index in [1.54, 1.807) is 0 Å². The van der Waals surface area contributed by atoms with Gasteiger partial charge in [0.2, 0.25) is 5.91 Å². The summed E-state index contributed by atoms with van der Waals surface area (Å²) < 4.78 is 10.8. The van der Waals surface area contributed by atoms with Crippen LogP contribution >= 0.6 is 0 Å². The van der Waals surface area contributed by atoms with Crippen molar-refractivity contribution >= 4 is 34.4 Å². The molecule has 0 aliphatic heterocycles. The number of ether oxygens (including phenoxy) is 1. The van der Waals surface area contributed by atoms with Gasteiger partial charge >= 0.3 is 11.7 Å². The number of nitro benzene ring substituents is 1. The first-order valence-electron chi connectivity index (χ1n) is 7.65. The van der Waals surface area contributed by atoms with Crippen LogP contribution in [0.15, 0.2) is 51.7 Å². The highest BCUT2D eigenvalue weighted by atomic mass is 16.6. The van der Waals surface area contributed by atoms with Crippen LogP contribution in [-0.2, 0) is 16.1 Å². The van der Waals surface area contributed by atoms with Crippen LogP contribution < -0.4 is 11.1 Å². The van der Waals surface area contributed by atoms with E-state index in [9.17, 15) is 24.5 Å². The lowest BCUT2D eigenvalue weighted by Gasteiger charge is -2.06. The zero-order valence-electron chi connectivity index (χ0n) is 14.0. The summed E-state index contributed by atoms with van der Waals surface area (Å²) in [6.45, 7) is -0.333. The number of amides is 1. The van der Waals surface area contributed by atoms with Gasteiger partial charge in [-0.2, -0.15) is 0 Å². The van der Waals surface area contributed by atoms with Crippen molar-refractivity contribution in [3.63, 3.8) is 0 Å². The highest BCUT2D eigenvalue weighted by Gasteiger charge is 2.15. The number of rotatable bonds is 5. The van der Waals surface area contributed by atoms with Gasteiger partial charge in [-0.05, 0) is 30.3 Å². The molecular formula is C17H13N3O7. The number of oxazole rings is 1. The van der Waals surface area contributed by atoms with Gasteiger partial charge < -0.3 is 14.5 Å². The maximum Gasteiger partial charge on any atom is 0.420 e. The van der Waals surface area contributed by atoms with Crippen molar-refractivity contribution in [3.05, 3.63) is 68.7 Å². The first kappa shape index (κ1) is 17.9. The third kappa shape index (κ3) is 3.68. The van der Waals surface area contributed by atoms with Crippen molar-refractivity contribution in [2.24, 2.45) is 0 Å². The van der Waals surface area contributed by atoms with E-state index < -0.39 is 22.6 Å². The smallest absolute Gasteiger partial charge is 0.420 e. The number of methoxy groups -OCH3 is 1. The maximum absolute atomic E-state index is 12.2. The second-order valence-electron chi connectivity index (χ2n) is 5.48. The number of carbonyl (C=O) groups is 2. The number of aromatic nitrogens is 1. The van der Waals surface area contributed by atoms with Crippen molar-refractivity contribution in [1.29, 1.82) is 0 Å². The minimum Gasteiger partial charge on any atom is -0.465 e. The van der Waals surface area contributed by atoms with E-state index in [0.29, 0.717) is 11.2 Å². The van der Waals surface area contributed by atoms with Crippen LogP contribution in [0.1, 0.15) is 10.4 Å². The lowest BCUT2D eigenvalue weighted by atomic mass is 10.2. The van der Waals surface area contributed by atoms with Gasteiger partial charge in [-0.3, -0.25) is 19.5 Å². The van der Waals surface area contributed by atoms with E-state index in [0.717, 1.165) is 4.57 Å². The molecule has 2 aromatic carbocycles. The second kappa shape index (κ2) is 7.12. The van der Waals surface area contributed by atoms with Crippen molar-refractivity contribution in [2.45, 2.75) is 6.54 Å². The van der Waals surface area contributed by atoms with Gasteiger partial charge in [-0.1, -0.05) is 0 Å². The van der Waals surface area contributed by atoms with Crippen LogP contribution in [0.25, 0.3) is 11.1 Å². The molecule has 138 valence electrons. The summed E-state index contributed by atoms with van der Waals surface area (Å²) in [6.07, 6.45) is 0. The summed E-state index contributed by atoms with van der Waals surface area (Å²) in [5, 5.41) is 13.2. The molecule has 0 spiro atoms. The molecule has 0 fully saturated rings. The molecule has 10 heteroatoms. The SMILES string of the molecule is COC(=O)c1ccc2c(c1)oc(=O)n2CC(=O)Nc1ccc([N+](=O)[O-])cc1. The number of benzene rings is 2. The zero-order chi connectivity index (χ0) is 19.6. The molecule has 3 aromatic rings. The standard InChI is InChI=1S/C17H13N3O7/c1-26-16(22)10-2-7-13-14(8-10)27-17(23)19(13)9-15(21)18-11-3-5-12(6-4-11)20(24)25/h2-8H,9H2,1H3,(H,18,21). The summed E-state index contributed by atoms with van der Waals surface area (Å²) in [5.41, 5.74) is 0.935. The van der Waals surface area contributed by atoms with Crippen molar-refractivity contribution < 1.29 is 23.7 Å². The molecular weight excluding hydrogens is 358 g/mol. The van der Waals surface area contributed by atoms with E-state index in [2.05, 4.69) is 10.1 Å². The zero-order valence-corrected chi connectivity index (χ0v) is 14.0. The van der Waals surface area contributed by atoms with Crippen LogP contribution in [0.2, 0.25) is 0 Å². The summed E-state index contributed by atoms with van der Waals surface area (Å²) >= 11 is 0. The predicted octanol–water partition coefficient (Wildman–Crippen LogP) is 1.93. The average molecular weight is 371 g/mol. The van der Waals surface area contributed by atoms with Crippen LogP contribution in [0.3, 0.4) is 0 Å². The molecule has 0 radical (unpaired) electrons. The molecule has 10 nitrogen and oxygen atoms in total. The third-order valence-electron chi connectivity index (χ3n) is 3.75. The molecule has 1 heterocycles. The number of hydrogen-bond acceptors (Lipinski definition) is 7. The number of nitro groups is 1. The lowest BCUT2D eigenvalue weighted by molar-refractivity contribution is -0.384. The molecule has 0 saturated carbocycles. The Morgan fingerprint density at radius 2 is 1.93 bits per heavy atom. The highest BCUT2D eigenvalue weighted by molar-refractivity contribution is 5.94. The van der Waals surface area contributed by atoms with Crippen LogP contribution in [0, 0.1) is 10.1 Å². The monoisotopic (exact) mass is 371 g/mol. The Bertz CT molecular complexity index is 1100. The molecule has 0 saturated heterocycles. The Kier molecular flexibility index (Phi) is 4.71.